The quantitative estimate of drug-likeness (QED) is 0.467. The van der Waals surface area contributed by atoms with Gasteiger partial charge < -0.3 is 5.32 Å². The molecule has 5 nitrogen and oxygen atoms in total. The van der Waals surface area contributed by atoms with Crippen LogP contribution in [0.1, 0.15) is 22.5 Å². The van der Waals surface area contributed by atoms with Crippen molar-refractivity contribution in [3.05, 3.63) is 102 Å². The molecule has 4 rings (SSSR count). The first-order valence-corrected chi connectivity index (χ1v) is 9.79. The van der Waals surface area contributed by atoms with Crippen LogP contribution in [0.4, 0.5) is 4.39 Å². The molecule has 0 unspecified atom stereocenters. The normalized spacial score (nSPS) is 10.7. The smallest absolute Gasteiger partial charge is 0.271 e. The van der Waals surface area contributed by atoms with Gasteiger partial charge in [-0.05, 0) is 60.9 Å². The number of rotatable bonds is 7. The molecule has 0 atom stereocenters. The van der Waals surface area contributed by atoms with Crippen molar-refractivity contribution in [2.75, 3.05) is 6.54 Å². The summed E-state index contributed by atoms with van der Waals surface area (Å²) in [5.41, 5.74) is 3.74. The van der Waals surface area contributed by atoms with Gasteiger partial charge >= 0.3 is 0 Å². The van der Waals surface area contributed by atoms with Gasteiger partial charge in [-0.25, -0.2) is 9.07 Å². The van der Waals surface area contributed by atoms with E-state index in [4.69, 9.17) is 0 Å². The SMILES string of the molecule is O=C(NCCCc1ccccc1)c1cc(-c2cccnc2)n(-c2ccc(F)cc2)n1. The second-order valence-electron chi connectivity index (χ2n) is 6.89. The van der Waals surface area contributed by atoms with Crippen molar-refractivity contribution in [1.82, 2.24) is 20.1 Å². The Labute approximate surface area is 174 Å². The van der Waals surface area contributed by atoms with Gasteiger partial charge in [0.15, 0.2) is 5.69 Å². The number of carbonyl (C=O) groups is 1. The van der Waals surface area contributed by atoms with Gasteiger partial charge in [0, 0.05) is 24.5 Å². The maximum atomic E-state index is 13.4. The number of aryl methyl sites for hydroxylation is 1. The molecule has 0 fully saturated rings. The molecule has 0 radical (unpaired) electrons. The van der Waals surface area contributed by atoms with Gasteiger partial charge in [-0.2, -0.15) is 5.10 Å². The minimum absolute atomic E-state index is 0.242. The van der Waals surface area contributed by atoms with Crippen LogP contribution in [0.5, 0.6) is 0 Å². The third-order valence-electron chi connectivity index (χ3n) is 4.74. The number of hydrogen-bond acceptors (Lipinski definition) is 3. The molecule has 0 aliphatic carbocycles. The Morgan fingerprint density at radius 1 is 1.00 bits per heavy atom. The van der Waals surface area contributed by atoms with E-state index >= 15 is 0 Å². The maximum absolute atomic E-state index is 13.4. The van der Waals surface area contributed by atoms with Gasteiger partial charge in [-0.15, -0.1) is 0 Å². The minimum atomic E-state index is -0.329. The monoisotopic (exact) mass is 400 g/mol. The summed E-state index contributed by atoms with van der Waals surface area (Å²) in [6.45, 7) is 0.555. The highest BCUT2D eigenvalue weighted by Crippen LogP contribution is 2.23. The molecule has 0 bridgehead atoms. The van der Waals surface area contributed by atoms with Crippen molar-refractivity contribution in [2.24, 2.45) is 0 Å². The van der Waals surface area contributed by atoms with Crippen molar-refractivity contribution < 1.29 is 9.18 Å². The molecule has 1 N–H and O–H groups in total. The molecule has 30 heavy (non-hydrogen) atoms. The average molecular weight is 400 g/mol. The van der Waals surface area contributed by atoms with E-state index in [-0.39, 0.29) is 11.7 Å². The predicted octanol–water partition coefficient (Wildman–Crippen LogP) is 4.44. The molecule has 0 spiro atoms. The molecular formula is C24H21FN4O. The molecule has 0 saturated carbocycles. The van der Waals surface area contributed by atoms with Crippen LogP contribution in [0.25, 0.3) is 16.9 Å². The zero-order valence-corrected chi connectivity index (χ0v) is 16.3. The lowest BCUT2D eigenvalue weighted by Crippen LogP contribution is -2.25. The van der Waals surface area contributed by atoms with Crippen LogP contribution in [0.3, 0.4) is 0 Å². The van der Waals surface area contributed by atoms with E-state index < -0.39 is 0 Å². The fourth-order valence-corrected chi connectivity index (χ4v) is 3.22. The first-order chi connectivity index (χ1) is 14.7. The number of amides is 1. The van der Waals surface area contributed by atoms with Crippen molar-refractivity contribution in [2.45, 2.75) is 12.8 Å². The van der Waals surface area contributed by atoms with Crippen molar-refractivity contribution in [1.29, 1.82) is 0 Å². The second-order valence-corrected chi connectivity index (χ2v) is 6.89. The summed E-state index contributed by atoms with van der Waals surface area (Å²) in [4.78, 5) is 16.8. The molecule has 0 aliphatic rings. The van der Waals surface area contributed by atoms with Crippen LogP contribution in [-0.4, -0.2) is 27.2 Å². The van der Waals surface area contributed by atoms with Crippen LogP contribution in [0.15, 0.2) is 85.2 Å². The van der Waals surface area contributed by atoms with E-state index in [1.54, 1.807) is 35.3 Å². The lowest BCUT2D eigenvalue weighted by molar-refractivity contribution is 0.0948. The first kappa shape index (κ1) is 19.5. The lowest BCUT2D eigenvalue weighted by Gasteiger charge is -2.07. The minimum Gasteiger partial charge on any atom is -0.351 e. The molecule has 6 heteroatoms. The molecule has 0 saturated heterocycles. The van der Waals surface area contributed by atoms with E-state index in [0.29, 0.717) is 23.6 Å². The highest BCUT2D eigenvalue weighted by atomic mass is 19.1. The van der Waals surface area contributed by atoms with Crippen LogP contribution < -0.4 is 5.32 Å². The first-order valence-electron chi connectivity index (χ1n) is 9.79. The Balaban J connectivity index is 1.51. The van der Waals surface area contributed by atoms with Gasteiger partial charge in [0.1, 0.15) is 5.82 Å². The number of halogens is 1. The summed E-state index contributed by atoms with van der Waals surface area (Å²) < 4.78 is 15.0. The number of benzene rings is 2. The Kier molecular flexibility index (Phi) is 5.94. The molecule has 150 valence electrons. The number of aromatic nitrogens is 3. The Bertz CT molecular complexity index is 1110. The largest absolute Gasteiger partial charge is 0.351 e. The summed E-state index contributed by atoms with van der Waals surface area (Å²) in [7, 11) is 0. The summed E-state index contributed by atoms with van der Waals surface area (Å²) in [5, 5.41) is 7.41. The highest BCUT2D eigenvalue weighted by molar-refractivity contribution is 5.93. The van der Waals surface area contributed by atoms with E-state index in [1.807, 2.05) is 30.3 Å². The summed E-state index contributed by atoms with van der Waals surface area (Å²) >= 11 is 0. The van der Waals surface area contributed by atoms with E-state index in [9.17, 15) is 9.18 Å². The van der Waals surface area contributed by atoms with Crippen molar-refractivity contribution in [3.63, 3.8) is 0 Å². The number of hydrogen-bond donors (Lipinski definition) is 1. The third kappa shape index (κ3) is 4.60. The predicted molar refractivity (Wildman–Crippen MR) is 114 cm³/mol. The topological polar surface area (TPSA) is 59.8 Å². The number of nitrogens with one attached hydrogen (secondary N) is 1. The fraction of sp³-hybridized carbons (Fsp3) is 0.125. The number of nitrogens with zero attached hydrogens (tertiary/aromatic N) is 3. The van der Waals surface area contributed by atoms with Crippen molar-refractivity contribution in [3.8, 4) is 16.9 Å². The Morgan fingerprint density at radius 3 is 2.53 bits per heavy atom. The number of pyridine rings is 1. The van der Waals surface area contributed by atoms with E-state index in [2.05, 4.69) is 27.5 Å². The van der Waals surface area contributed by atoms with Gasteiger partial charge in [0.05, 0.1) is 11.4 Å². The molecule has 0 aliphatic heterocycles. The second kappa shape index (κ2) is 9.13. The van der Waals surface area contributed by atoms with Crippen LogP contribution >= 0.6 is 0 Å². The zero-order valence-electron chi connectivity index (χ0n) is 16.3. The number of carbonyl (C=O) groups excluding carboxylic acids is 1. The zero-order chi connectivity index (χ0) is 20.8. The van der Waals surface area contributed by atoms with Crippen molar-refractivity contribution >= 4 is 5.91 Å². The van der Waals surface area contributed by atoms with E-state index in [1.165, 1.54) is 17.7 Å². The highest BCUT2D eigenvalue weighted by Gasteiger charge is 2.16. The van der Waals surface area contributed by atoms with Crippen LogP contribution in [0, 0.1) is 5.82 Å². The summed E-state index contributed by atoms with van der Waals surface area (Å²) in [6.07, 6.45) is 5.12. The summed E-state index contributed by atoms with van der Waals surface area (Å²) in [6, 6.07) is 21.6. The molecule has 4 aromatic rings. The van der Waals surface area contributed by atoms with Gasteiger partial charge in [-0.1, -0.05) is 30.3 Å². The summed E-state index contributed by atoms with van der Waals surface area (Å²) in [5.74, 6) is -0.570. The van der Waals surface area contributed by atoms with E-state index in [0.717, 1.165) is 18.4 Å². The van der Waals surface area contributed by atoms with Gasteiger partial charge in [0.25, 0.3) is 5.91 Å². The fourth-order valence-electron chi connectivity index (χ4n) is 3.22. The average Bonchev–Trinajstić information content (AvgIpc) is 3.24. The lowest BCUT2D eigenvalue weighted by atomic mass is 10.1. The molecular weight excluding hydrogens is 379 g/mol. The van der Waals surface area contributed by atoms with Crippen LogP contribution in [0.2, 0.25) is 0 Å². The molecule has 2 aromatic heterocycles. The standard InChI is InChI=1S/C24H21FN4O/c25-20-10-12-21(13-11-20)29-23(19-9-5-14-26-17-19)16-22(28-29)24(30)27-15-4-8-18-6-2-1-3-7-18/h1-3,5-7,9-14,16-17H,4,8,15H2,(H,27,30). The molecule has 1 amide bonds. The van der Waals surface area contributed by atoms with Crippen LogP contribution in [-0.2, 0) is 6.42 Å². The third-order valence-corrected chi connectivity index (χ3v) is 4.74. The molecule has 2 heterocycles. The maximum Gasteiger partial charge on any atom is 0.271 e. The Hall–Kier alpha value is -3.80. The van der Waals surface area contributed by atoms with Gasteiger partial charge in [-0.3, -0.25) is 9.78 Å². The Morgan fingerprint density at radius 2 is 1.80 bits per heavy atom. The van der Waals surface area contributed by atoms with Gasteiger partial charge in [0.2, 0.25) is 0 Å². The molecule has 2 aromatic carbocycles.